The standard InChI is InChI=1S/C13H18N4O/c1-10(9-18-3)16-12-4-5-13(15-8-12)17-7-6-14-11(17)2/h4-8,10,16H,9H2,1-3H3. The van der Waals surface area contributed by atoms with Crippen molar-refractivity contribution in [2.24, 2.45) is 0 Å². The molecule has 0 aliphatic heterocycles. The summed E-state index contributed by atoms with van der Waals surface area (Å²) in [6, 6.07) is 4.24. The monoisotopic (exact) mass is 246 g/mol. The van der Waals surface area contributed by atoms with E-state index in [1.807, 2.05) is 36.0 Å². The van der Waals surface area contributed by atoms with Crippen molar-refractivity contribution in [1.82, 2.24) is 14.5 Å². The smallest absolute Gasteiger partial charge is 0.138 e. The highest BCUT2D eigenvalue weighted by molar-refractivity contribution is 5.44. The highest BCUT2D eigenvalue weighted by Crippen LogP contribution is 2.12. The molecule has 0 aliphatic rings. The maximum absolute atomic E-state index is 5.08. The fourth-order valence-corrected chi connectivity index (χ4v) is 1.81. The number of ether oxygens (including phenoxy) is 1. The first-order chi connectivity index (χ1) is 8.70. The zero-order valence-electron chi connectivity index (χ0n) is 10.9. The number of hydrogen-bond donors (Lipinski definition) is 1. The molecule has 1 unspecified atom stereocenters. The van der Waals surface area contributed by atoms with Crippen LogP contribution < -0.4 is 5.32 Å². The number of nitrogens with zero attached hydrogens (tertiary/aromatic N) is 3. The van der Waals surface area contributed by atoms with Crippen LogP contribution >= 0.6 is 0 Å². The quantitative estimate of drug-likeness (QED) is 0.877. The molecule has 2 aromatic heterocycles. The molecule has 96 valence electrons. The molecule has 5 nitrogen and oxygen atoms in total. The van der Waals surface area contributed by atoms with Gasteiger partial charge in [-0.2, -0.15) is 0 Å². The van der Waals surface area contributed by atoms with Gasteiger partial charge in [0, 0.05) is 25.5 Å². The first-order valence-electron chi connectivity index (χ1n) is 5.92. The lowest BCUT2D eigenvalue weighted by Crippen LogP contribution is -2.20. The summed E-state index contributed by atoms with van der Waals surface area (Å²) in [7, 11) is 1.70. The molecule has 0 bridgehead atoms. The first-order valence-corrected chi connectivity index (χ1v) is 5.92. The van der Waals surface area contributed by atoms with Gasteiger partial charge in [-0.05, 0) is 26.0 Å². The second kappa shape index (κ2) is 5.64. The summed E-state index contributed by atoms with van der Waals surface area (Å²) >= 11 is 0. The van der Waals surface area contributed by atoms with Gasteiger partial charge in [0.2, 0.25) is 0 Å². The van der Waals surface area contributed by atoms with Crippen LogP contribution in [0.1, 0.15) is 12.7 Å². The summed E-state index contributed by atoms with van der Waals surface area (Å²) in [5.74, 6) is 1.80. The van der Waals surface area contributed by atoms with Gasteiger partial charge in [0.1, 0.15) is 11.6 Å². The first kappa shape index (κ1) is 12.6. The van der Waals surface area contributed by atoms with Crippen molar-refractivity contribution in [2.75, 3.05) is 19.0 Å². The Balaban J connectivity index is 2.08. The molecule has 0 amide bonds. The van der Waals surface area contributed by atoms with Gasteiger partial charge >= 0.3 is 0 Å². The Kier molecular flexibility index (Phi) is 3.94. The minimum absolute atomic E-state index is 0.262. The van der Waals surface area contributed by atoms with Gasteiger partial charge in [0.15, 0.2) is 0 Å². The highest BCUT2D eigenvalue weighted by atomic mass is 16.5. The topological polar surface area (TPSA) is 52.0 Å². The second-order valence-corrected chi connectivity index (χ2v) is 4.25. The van der Waals surface area contributed by atoms with Crippen molar-refractivity contribution < 1.29 is 4.74 Å². The lowest BCUT2D eigenvalue weighted by atomic mass is 10.3. The van der Waals surface area contributed by atoms with E-state index < -0.39 is 0 Å². The summed E-state index contributed by atoms with van der Waals surface area (Å²) in [5.41, 5.74) is 0.987. The largest absolute Gasteiger partial charge is 0.383 e. The Morgan fingerprint density at radius 3 is 2.78 bits per heavy atom. The van der Waals surface area contributed by atoms with Crippen molar-refractivity contribution in [3.63, 3.8) is 0 Å². The molecule has 0 radical (unpaired) electrons. The van der Waals surface area contributed by atoms with Crippen LogP contribution in [0.15, 0.2) is 30.7 Å². The van der Waals surface area contributed by atoms with Crippen LogP contribution in [-0.2, 0) is 4.74 Å². The van der Waals surface area contributed by atoms with E-state index in [4.69, 9.17) is 4.74 Å². The summed E-state index contributed by atoms with van der Waals surface area (Å²) in [4.78, 5) is 8.59. The van der Waals surface area contributed by atoms with E-state index in [0.29, 0.717) is 6.61 Å². The van der Waals surface area contributed by atoms with Gasteiger partial charge in [0.05, 0.1) is 18.5 Å². The van der Waals surface area contributed by atoms with Crippen molar-refractivity contribution in [3.8, 4) is 5.82 Å². The third-order valence-corrected chi connectivity index (χ3v) is 2.65. The number of anilines is 1. The minimum Gasteiger partial charge on any atom is -0.383 e. The molecule has 2 aromatic rings. The normalized spacial score (nSPS) is 12.4. The fourth-order valence-electron chi connectivity index (χ4n) is 1.81. The maximum Gasteiger partial charge on any atom is 0.138 e. The Morgan fingerprint density at radius 1 is 1.39 bits per heavy atom. The molecular weight excluding hydrogens is 228 g/mol. The van der Waals surface area contributed by atoms with Gasteiger partial charge in [-0.1, -0.05) is 0 Å². The SMILES string of the molecule is COCC(C)Nc1ccc(-n2ccnc2C)nc1. The molecule has 0 spiro atoms. The number of rotatable bonds is 5. The van der Waals surface area contributed by atoms with E-state index in [-0.39, 0.29) is 6.04 Å². The molecule has 0 fully saturated rings. The van der Waals surface area contributed by atoms with Crippen molar-refractivity contribution in [2.45, 2.75) is 19.9 Å². The third-order valence-electron chi connectivity index (χ3n) is 2.65. The van der Waals surface area contributed by atoms with Crippen LogP contribution in [0.5, 0.6) is 0 Å². The summed E-state index contributed by atoms with van der Waals surface area (Å²) < 4.78 is 7.03. The predicted octanol–water partition coefficient (Wildman–Crippen LogP) is 2.02. The van der Waals surface area contributed by atoms with Crippen LogP contribution in [0, 0.1) is 6.92 Å². The molecule has 2 rings (SSSR count). The number of nitrogens with one attached hydrogen (secondary N) is 1. The van der Waals surface area contributed by atoms with Gasteiger partial charge < -0.3 is 10.1 Å². The van der Waals surface area contributed by atoms with Crippen LogP contribution in [-0.4, -0.2) is 34.3 Å². The van der Waals surface area contributed by atoms with Gasteiger partial charge in [-0.25, -0.2) is 9.97 Å². The van der Waals surface area contributed by atoms with E-state index in [1.54, 1.807) is 13.3 Å². The molecule has 1 atom stereocenters. The number of pyridine rings is 1. The van der Waals surface area contributed by atoms with Crippen molar-refractivity contribution in [1.29, 1.82) is 0 Å². The fraction of sp³-hybridized carbons (Fsp3) is 0.385. The zero-order valence-corrected chi connectivity index (χ0v) is 10.9. The number of aromatic nitrogens is 3. The van der Waals surface area contributed by atoms with Crippen LogP contribution in [0.2, 0.25) is 0 Å². The average molecular weight is 246 g/mol. The molecule has 5 heteroatoms. The zero-order chi connectivity index (χ0) is 13.0. The van der Waals surface area contributed by atoms with Crippen molar-refractivity contribution >= 4 is 5.69 Å². The molecule has 2 heterocycles. The molecule has 0 aromatic carbocycles. The Morgan fingerprint density at radius 2 is 2.22 bits per heavy atom. The van der Waals surface area contributed by atoms with Gasteiger partial charge in [0.25, 0.3) is 0 Å². The summed E-state index contributed by atoms with van der Waals surface area (Å²) in [6.45, 7) is 4.69. The summed E-state index contributed by atoms with van der Waals surface area (Å²) in [6.07, 6.45) is 5.49. The molecule has 0 saturated carbocycles. The lowest BCUT2D eigenvalue weighted by Gasteiger charge is -2.14. The molecule has 0 saturated heterocycles. The Labute approximate surface area is 107 Å². The van der Waals surface area contributed by atoms with E-state index in [9.17, 15) is 0 Å². The number of hydrogen-bond acceptors (Lipinski definition) is 4. The Hall–Kier alpha value is -1.88. The maximum atomic E-state index is 5.08. The van der Waals surface area contributed by atoms with E-state index in [0.717, 1.165) is 17.3 Å². The van der Waals surface area contributed by atoms with Crippen LogP contribution in [0.4, 0.5) is 5.69 Å². The molecular formula is C13H18N4O. The van der Waals surface area contributed by atoms with Gasteiger partial charge in [-0.3, -0.25) is 4.57 Å². The Bertz CT molecular complexity index is 492. The predicted molar refractivity (Wildman–Crippen MR) is 71.1 cm³/mol. The number of aryl methyl sites for hydroxylation is 1. The van der Waals surface area contributed by atoms with E-state index in [2.05, 4.69) is 22.2 Å². The molecule has 18 heavy (non-hydrogen) atoms. The molecule has 0 aliphatic carbocycles. The summed E-state index contributed by atoms with van der Waals surface area (Å²) in [5, 5.41) is 3.32. The highest BCUT2D eigenvalue weighted by Gasteiger charge is 2.04. The lowest BCUT2D eigenvalue weighted by molar-refractivity contribution is 0.190. The minimum atomic E-state index is 0.262. The molecule has 1 N–H and O–H groups in total. The van der Waals surface area contributed by atoms with Gasteiger partial charge in [-0.15, -0.1) is 0 Å². The van der Waals surface area contributed by atoms with Crippen LogP contribution in [0.3, 0.4) is 0 Å². The van der Waals surface area contributed by atoms with Crippen LogP contribution in [0.25, 0.3) is 5.82 Å². The van der Waals surface area contributed by atoms with E-state index >= 15 is 0 Å². The van der Waals surface area contributed by atoms with E-state index in [1.165, 1.54) is 0 Å². The van der Waals surface area contributed by atoms with Crippen molar-refractivity contribution in [3.05, 3.63) is 36.5 Å². The number of methoxy groups -OCH3 is 1. The number of imidazole rings is 1. The average Bonchev–Trinajstić information content (AvgIpc) is 2.77. The third kappa shape index (κ3) is 2.87. The second-order valence-electron chi connectivity index (χ2n) is 4.25.